The van der Waals surface area contributed by atoms with Crippen molar-refractivity contribution in [1.29, 1.82) is 0 Å². The van der Waals surface area contributed by atoms with Crippen LogP contribution in [0.15, 0.2) is 54.6 Å². The number of hydrogen-bond donors (Lipinski definition) is 2. The normalized spacial score (nSPS) is 9.95. The second-order valence-corrected chi connectivity index (χ2v) is 4.48. The Balaban J connectivity index is 1.77. The van der Waals surface area contributed by atoms with Gasteiger partial charge in [-0.15, -0.1) is 0 Å². The highest BCUT2D eigenvalue weighted by Crippen LogP contribution is 2.20. The molecule has 4 heteroatoms. The molecule has 0 heterocycles. The first-order valence-corrected chi connectivity index (χ1v) is 6.47. The number of carbonyl (C=O) groups is 1. The van der Waals surface area contributed by atoms with E-state index in [0.717, 1.165) is 11.4 Å². The molecule has 0 bridgehead atoms. The molecule has 0 radical (unpaired) electrons. The first-order chi connectivity index (χ1) is 9.25. The topological polar surface area (TPSA) is 41.1 Å². The van der Waals surface area contributed by atoms with E-state index in [1.165, 1.54) is 0 Å². The van der Waals surface area contributed by atoms with Crippen molar-refractivity contribution in [3.8, 4) is 0 Å². The molecule has 2 aromatic rings. The van der Waals surface area contributed by atoms with Gasteiger partial charge in [-0.3, -0.25) is 4.79 Å². The van der Waals surface area contributed by atoms with E-state index in [1.807, 2.05) is 54.6 Å². The standard InChI is InChI=1S/C15H15ClN2O/c16-13-8-4-5-9-14(13)17-11-10-15(19)18-12-6-2-1-3-7-12/h1-9,17H,10-11H2,(H,18,19). The van der Waals surface area contributed by atoms with E-state index in [4.69, 9.17) is 11.6 Å². The van der Waals surface area contributed by atoms with Crippen molar-refractivity contribution >= 4 is 28.9 Å². The van der Waals surface area contributed by atoms with Crippen LogP contribution < -0.4 is 10.6 Å². The van der Waals surface area contributed by atoms with E-state index < -0.39 is 0 Å². The lowest BCUT2D eigenvalue weighted by Gasteiger charge is -2.08. The Morgan fingerprint density at radius 1 is 1.00 bits per heavy atom. The van der Waals surface area contributed by atoms with Gasteiger partial charge in [0, 0.05) is 18.7 Å². The molecule has 0 unspecified atom stereocenters. The lowest BCUT2D eigenvalue weighted by molar-refractivity contribution is -0.115. The maximum absolute atomic E-state index is 11.7. The molecule has 0 saturated carbocycles. The number of rotatable bonds is 5. The van der Waals surface area contributed by atoms with Gasteiger partial charge in [-0.05, 0) is 24.3 Å². The van der Waals surface area contributed by atoms with Gasteiger partial charge < -0.3 is 10.6 Å². The van der Waals surface area contributed by atoms with Crippen LogP contribution in [0.4, 0.5) is 11.4 Å². The molecule has 0 atom stereocenters. The number of hydrogen-bond acceptors (Lipinski definition) is 2. The zero-order valence-corrected chi connectivity index (χ0v) is 11.2. The number of para-hydroxylation sites is 2. The Morgan fingerprint density at radius 2 is 1.68 bits per heavy atom. The minimum Gasteiger partial charge on any atom is -0.383 e. The summed E-state index contributed by atoms with van der Waals surface area (Å²) in [6, 6.07) is 16.9. The molecule has 0 aliphatic carbocycles. The summed E-state index contributed by atoms with van der Waals surface area (Å²) >= 11 is 6.01. The second kappa shape index (κ2) is 6.81. The number of nitrogens with one attached hydrogen (secondary N) is 2. The monoisotopic (exact) mass is 274 g/mol. The second-order valence-electron chi connectivity index (χ2n) is 4.07. The molecule has 0 fully saturated rings. The summed E-state index contributed by atoms with van der Waals surface area (Å²) in [5.41, 5.74) is 1.65. The van der Waals surface area contributed by atoms with Crippen LogP contribution in [0.25, 0.3) is 0 Å². The fourth-order valence-corrected chi connectivity index (χ4v) is 1.86. The third-order valence-electron chi connectivity index (χ3n) is 2.60. The molecule has 19 heavy (non-hydrogen) atoms. The lowest BCUT2D eigenvalue weighted by Crippen LogP contribution is -2.16. The number of amides is 1. The molecule has 98 valence electrons. The smallest absolute Gasteiger partial charge is 0.226 e. The highest BCUT2D eigenvalue weighted by Gasteiger charge is 2.02. The van der Waals surface area contributed by atoms with Crippen molar-refractivity contribution in [2.75, 3.05) is 17.2 Å². The first-order valence-electron chi connectivity index (χ1n) is 6.09. The molecule has 0 aromatic heterocycles. The van der Waals surface area contributed by atoms with Crippen LogP contribution in [0.5, 0.6) is 0 Å². The summed E-state index contributed by atoms with van der Waals surface area (Å²) < 4.78 is 0. The van der Waals surface area contributed by atoms with Crippen molar-refractivity contribution < 1.29 is 4.79 Å². The van der Waals surface area contributed by atoms with Crippen molar-refractivity contribution in [1.82, 2.24) is 0 Å². The molecule has 2 rings (SSSR count). The van der Waals surface area contributed by atoms with Gasteiger partial charge in [-0.2, -0.15) is 0 Å². The summed E-state index contributed by atoms with van der Waals surface area (Å²) in [6.45, 7) is 0.544. The first kappa shape index (κ1) is 13.4. The quantitative estimate of drug-likeness (QED) is 0.871. The van der Waals surface area contributed by atoms with Gasteiger partial charge in [0.15, 0.2) is 0 Å². The number of anilines is 2. The molecule has 2 aromatic carbocycles. The van der Waals surface area contributed by atoms with E-state index in [1.54, 1.807) is 0 Å². The zero-order chi connectivity index (χ0) is 13.5. The van der Waals surface area contributed by atoms with Gasteiger partial charge in [-0.1, -0.05) is 41.9 Å². The SMILES string of the molecule is O=C(CCNc1ccccc1Cl)Nc1ccccc1. The van der Waals surface area contributed by atoms with Gasteiger partial charge in [0.25, 0.3) is 0 Å². The fourth-order valence-electron chi connectivity index (χ4n) is 1.66. The highest BCUT2D eigenvalue weighted by molar-refractivity contribution is 6.33. The maximum Gasteiger partial charge on any atom is 0.226 e. The van der Waals surface area contributed by atoms with Crippen molar-refractivity contribution in [3.63, 3.8) is 0 Å². The minimum atomic E-state index is -0.0225. The van der Waals surface area contributed by atoms with Crippen molar-refractivity contribution in [2.45, 2.75) is 6.42 Å². The third kappa shape index (κ3) is 4.30. The van der Waals surface area contributed by atoms with E-state index >= 15 is 0 Å². The van der Waals surface area contributed by atoms with Crippen LogP contribution in [0.2, 0.25) is 5.02 Å². The van der Waals surface area contributed by atoms with Crippen LogP contribution in [0.3, 0.4) is 0 Å². The number of benzene rings is 2. The Kier molecular flexibility index (Phi) is 4.81. The van der Waals surface area contributed by atoms with Crippen LogP contribution in [-0.4, -0.2) is 12.5 Å². The van der Waals surface area contributed by atoms with Crippen LogP contribution >= 0.6 is 11.6 Å². The van der Waals surface area contributed by atoms with Gasteiger partial charge in [0.2, 0.25) is 5.91 Å². The largest absolute Gasteiger partial charge is 0.383 e. The van der Waals surface area contributed by atoms with Gasteiger partial charge >= 0.3 is 0 Å². The minimum absolute atomic E-state index is 0.0225. The average Bonchev–Trinajstić information content (AvgIpc) is 2.42. The Labute approximate surface area is 117 Å². The van der Waals surface area contributed by atoms with Gasteiger partial charge in [0.1, 0.15) is 0 Å². The highest BCUT2D eigenvalue weighted by atomic mass is 35.5. The molecule has 3 nitrogen and oxygen atoms in total. The predicted molar refractivity (Wildman–Crippen MR) is 79.6 cm³/mol. The lowest BCUT2D eigenvalue weighted by atomic mass is 10.3. The van der Waals surface area contributed by atoms with Crippen molar-refractivity contribution in [3.05, 3.63) is 59.6 Å². The summed E-state index contributed by atoms with van der Waals surface area (Å²) in [5, 5.41) is 6.63. The van der Waals surface area contributed by atoms with Crippen LogP contribution in [0.1, 0.15) is 6.42 Å². The summed E-state index contributed by atoms with van der Waals surface area (Å²) in [5.74, 6) is -0.0225. The molecular weight excluding hydrogens is 260 g/mol. The molecule has 0 spiro atoms. The number of carbonyl (C=O) groups excluding carboxylic acids is 1. The van der Waals surface area contributed by atoms with E-state index in [2.05, 4.69) is 10.6 Å². The average molecular weight is 275 g/mol. The molecule has 0 aliphatic rings. The third-order valence-corrected chi connectivity index (χ3v) is 2.93. The van der Waals surface area contributed by atoms with Gasteiger partial charge in [0.05, 0.1) is 10.7 Å². The zero-order valence-electron chi connectivity index (χ0n) is 10.4. The van der Waals surface area contributed by atoms with Gasteiger partial charge in [-0.25, -0.2) is 0 Å². The van der Waals surface area contributed by atoms with E-state index in [0.29, 0.717) is 18.0 Å². The van der Waals surface area contributed by atoms with Crippen molar-refractivity contribution in [2.24, 2.45) is 0 Å². The molecule has 0 saturated heterocycles. The maximum atomic E-state index is 11.7. The van der Waals surface area contributed by atoms with Crippen LogP contribution in [0, 0.1) is 0 Å². The Morgan fingerprint density at radius 3 is 2.42 bits per heavy atom. The molecule has 0 aliphatic heterocycles. The Hall–Kier alpha value is -2.00. The predicted octanol–water partition coefficient (Wildman–Crippen LogP) is 3.78. The van der Waals surface area contributed by atoms with E-state index in [-0.39, 0.29) is 5.91 Å². The van der Waals surface area contributed by atoms with E-state index in [9.17, 15) is 4.79 Å². The van der Waals surface area contributed by atoms with Crippen LogP contribution in [-0.2, 0) is 4.79 Å². The Bertz CT molecular complexity index is 543. The fraction of sp³-hybridized carbons (Fsp3) is 0.133. The summed E-state index contributed by atoms with van der Waals surface area (Å²) in [7, 11) is 0. The summed E-state index contributed by atoms with van der Waals surface area (Å²) in [4.78, 5) is 11.7. The molecular formula is C15H15ClN2O. The summed E-state index contributed by atoms with van der Waals surface area (Å²) in [6.07, 6.45) is 0.389. The number of halogens is 1. The molecule has 2 N–H and O–H groups in total. The molecule has 1 amide bonds.